The molecule has 0 saturated heterocycles. The van der Waals surface area contributed by atoms with E-state index in [1.54, 1.807) is 31.4 Å². The first-order valence-corrected chi connectivity index (χ1v) is 11.1. The van der Waals surface area contributed by atoms with Crippen molar-refractivity contribution in [1.29, 1.82) is 0 Å². The lowest BCUT2D eigenvalue weighted by Gasteiger charge is -2.18. The van der Waals surface area contributed by atoms with E-state index in [0.717, 1.165) is 17.1 Å². The van der Waals surface area contributed by atoms with E-state index in [1.807, 2.05) is 31.2 Å². The molecule has 6 nitrogen and oxygen atoms in total. The van der Waals surface area contributed by atoms with Crippen molar-refractivity contribution in [3.63, 3.8) is 0 Å². The van der Waals surface area contributed by atoms with Crippen LogP contribution in [0.4, 0.5) is 0 Å². The normalized spacial score (nSPS) is 12.2. The third-order valence-corrected chi connectivity index (χ3v) is 5.46. The van der Waals surface area contributed by atoms with Gasteiger partial charge in [0.15, 0.2) is 9.84 Å². The molecule has 0 aromatic heterocycles. The van der Waals surface area contributed by atoms with Crippen LogP contribution in [0.25, 0.3) is 0 Å². The van der Waals surface area contributed by atoms with Crippen molar-refractivity contribution >= 4 is 15.7 Å². The quantitative estimate of drug-likeness (QED) is 0.612. The van der Waals surface area contributed by atoms with Gasteiger partial charge in [0.1, 0.15) is 11.5 Å². The number of benzene rings is 2. The van der Waals surface area contributed by atoms with E-state index < -0.39 is 9.84 Å². The molecule has 1 N–H and O–H groups in total. The van der Waals surface area contributed by atoms with Crippen LogP contribution >= 0.6 is 0 Å². The maximum absolute atomic E-state index is 12.2. The first-order valence-electron chi connectivity index (χ1n) is 9.19. The summed E-state index contributed by atoms with van der Waals surface area (Å²) in [7, 11) is -1.62. The lowest BCUT2D eigenvalue weighted by Crippen LogP contribution is -2.28. The van der Waals surface area contributed by atoms with Gasteiger partial charge in [-0.15, -0.1) is 0 Å². The standard InChI is InChI=1S/C21H27NO5S/c1-4-20(16-7-13-19(14-8-16)28(3,24)25)22-21(23)6-5-15-27-18-11-9-17(26-2)10-12-18/h7-14,20H,4-6,15H2,1-3H3,(H,22,23)/t20-/m1/s1. The fraction of sp³-hybridized carbons (Fsp3) is 0.381. The molecule has 0 aliphatic heterocycles. The Labute approximate surface area is 166 Å². The molecule has 7 heteroatoms. The molecule has 28 heavy (non-hydrogen) atoms. The van der Waals surface area contributed by atoms with E-state index in [2.05, 4.69) is 5.32 Å². The van der Waals surface area contributed by atoms with Crippen LogP contribution in [0.1, 0.15) is 37.8 Å². The molecule has 152 valence electrons. The fourth-order valence-electron chi connectivity index (χ4n) is 2.73. The summed E-state index contributed by atoms with van der Waals surface area (Å²) in [4.78, 5) is 12.5. The largest absolute Gasteiger partial charge is 0.497 e. The van der Waals surface area contributed by atoms with Gasteiger partial charge in [0.05, 0.1) is 24.7 Å². The maximum atomic E-state index is 12.2. The van der Waals surface area contributed by atoms with Crippen molar-refractivity contribution < 1.29 is 22.7 Å². The summed E-state index contributed by atoms with van der Waals surface area (Å²) >= 11 is 0. The minimum atomic E-state index is -3.23. The first kappa shape index (κ1) is 21.8. The Kier molecular flexibility index (Phi) is 7.87. The topological polar surface area (TPSA) is 81.7 Å². The predicted octanol–water partition coefficient (Wildman–Crippen LogP) is 3.53. The molecule has 2 aromatic rings. The molecule has 0 aliphatic carbocycles. The Balaban J connectivity index is 1.80. The lowest BCUT2D eigenvalue weighted by molar-refractivity contribution is -0.122. The number of hydrogen-bond donors (Lipinski definition) is 1. The van der Waals surface area contributed by atoms with E-state index >= 15 is 0 Å². The number of rotatable bonds is 10. The summed E-state index contributed by atoms with van der Waals surface area (Å²) in [5.74, 6) is 1.44. The molecule has 0 radical (unpaired) electrons. The molecule has 1 amide bonds. The third-order valence-electron chi connectivity index (χ3n) is 4.33. The molecule has 0 fully saturated rings. The van der Waals surface area contributed by atoms with Gasteiger partial charge in [-0.3, -0.25) is 4.79 Å². The van der Waals surface area contributed by atoms with Crippen LogP contribution in [-0.2, 0) is 14.6 Å². The Bertz CT molecular complexity index is 861. The van der Waals surface area contributed by atoms with Crippen molar-refractivity contribution in [1.82, 2.24) is 5.32 Å². The summed E-state index contributed by atoms with van der Waals surface area (Å²) < 4.78 is 33.8. The van der Waals surface area contributed by atoms with Crippen LogP contribution in [0.3, 0.4) is 0 Å². The summed E-state index contributed by atoms with van der Waals surface area (Å²) in [6, 6.07) is 13.8. The second-order valence-electron chi connectivity index (χ2n) is 6.50. The highest BCUT2D eigenvalue weighted by molar-refractivity contribution is 7.90. The zero-order chi connectivity index (χ0) is 20.6. The molecular formula is C21H27NO5S. The van der Waals surface area contributed by atoms with Gasteiger partial charge in [-0.05, 0) is 54.8 Å². The van der Waals surface area contributed by atoms with Gasteiger partial charge in [-0.2, -0.15) is 0 Å². The average Bonchev–Trinajstić information content (AvgIpc) is 2.69. The minimum absolute atomic E-state index is 0.0580. The SMILES string of the molecule is CC[C@@H](NC(=O)CCCOc1ccc(OC)cc1)c1ccc(S(C)(=O)=O)cc1. The monoisotopic (exact) mass is 405 g/mol. The molecule has 0 unspecified atom stereocenters. The molecule has 0 bridgehead atoms. The van der Waals surface area contributed by atoms with Gasteiger partial charge in [0, 0.05) is 12.7 Å². The number of carbonyl (C=O) groups excluding carboxylic acids is 1. The Morgan fingerprint density at radius 3 is 2.18 bits per heavy atom. The lowest BCUT2D eigenvalue weighted by atomic mass is 10.0. The second-order valence-corrected chi connectivity index (χ2v) is 8.51. The van der Waals surface area contributed by atoms with Crippen LogP contribution in [-0.4, -0.2) is 34.3 Å². The maximum Gasteiger partial charge on any atom is 0.220 e. The molecular weight excluding hydrogens is 378 g/mol. The van der Waals surface area contributed by atoms with Crippen LogP contribution in [0, 0.1) is 0 Å². The van der Waals surface area contributed by atoms with Crippen LogP contribution in [0.15, 0.2) is 53.4 Å². The number of hydrogen-bond acceptors (Lipinski definition) is 5. The van der Waals surface area contributed by atoms with Crippen LogP contribution in [0.5, 0.6) is 11.5 Å². The summed E-state index contributed by atoms with van der Waals surface area (Å²) in [6.07, 6.45) is 2.84. The predicted molar refractivity (Wildman–Crippen MR) is 108 cm³/mol. The highest BCUT2D eigenvalue weighted by Crippen LogP contribution is 2.20. The van der Waals surface area contributed by atoms with Crippen LogP contribution < -0.4 is 14.8 Å². The van der Waals surface area contributed by atoms with Gasteiger partial charge in [-0.1, -0.05) is 19.1 Å². The van der Waals surface area contributed by atoms with Crippen molar-refractivity contribution in [2.45, 2.75) is 37.1 Å². The first-order chi connectivity index (χ1) is 13.3. The van der Waals surface area contributed by atoms with Gasteiger partial charge in [0.2, 0.25) is 5.91 Å². The van der Waals surface area contributed by atoms with Crippen molar-refractivity contribution in [3.05, 3.63) is 54.1 Å². The zero-order valence-electron chi connectivity index (χ0n) is 16.5. The van der Waals surface area contributed by atoms with Gasteiger partial charge >= 0.3 is 0 Å². The van der Waals surface area contributed by atoms with E-state index in [9.17, 15) is 13.2 Å². The van der Waals surface area contributed by atoms with Gasteiger partial charge in [0.25, 0.3) is 0 Å². The van der Waals surface area contributed by atoms with E-state index in [-0.39, 0.29) is 16.8 Å². The van der Waals surface area contributed by atoms with Crippen molar-refractivity contribution in [2.24, 2.45) is 0 Å². The molecule has 0 saturated carbocycles. The number of sulfone groups is 1. The summed E-state index contributed by atoms with van der Waals surface area (Å²) in [6.45, 7) is 2.42. The summed E-state index contributed by atoms with van der Waals surface area (Å²) in [5.41, 5.74) is 0.887. The molecule has 2 aromatic carbocycles. The Morgan fingerprint density at radius 1 is 1.04 bits per heavy atom. The van der Waals surface area contributed by atoms with E-state index in [0.29, 0.717) is 25.9 Å². The molecule has 1 atom stereocenters. The van der Waals surface area contributed by atoms with Crippen molar-refractivity contribution in [2.75, 3.05) is 20.0 Å². The highest BCUT2D eigenvalue weighted by Gasteiger charge is 2.14. The van der Waals surface area contributed by atoms with E-state index in [4.69, 9.17) is 9.47 Å². The molecule has 2 rings (SSSR count). The number of ether oxygens (including phenoxy) is 2. The van der Waals surface area contributed by atoms with Crippen molar-refractivity contribution in [3.8, 4) is 11.5 Å². The Morgan fingerprint density at radius 2 is 1.64 bits per heavy atom. The molecule has 0 aliphatic rings. The second kappa shape index (κ2) is 10.1. The summed E-state index contributed by atoms with van der Waals surface area (Å²) in [5, 5.41) is 2.99. The average molecular weight is 406 g/mol. The minimum Gasteiger partial charge on any atom is -0.497 e. The number of amides is 1. The fourth-order valence-corrected chi connectivity index (χ4v) is 3.36. The van der Waals surface area contributed by atoms with Gasteiger partial charge in [-0.25, -0.2) is 8.42 Å². The number of nitrogens with one attached hydrogen (secondary N) is 1. The zero-order valence-corrected chi connectivity index (χ0v) is 17.3. The number of methoxy groups -OCH3 is 1. The smallest absolute Gasteiger partial charge is 0.220 e. The van der Waals surface area contributed by atoms with Crippen LogP contribution in [0.2, 0.25) is 0 Å². The molecule has 0 heterocycles. The number of carbonyl (C=O) groups is 1. The third kappa shape index (κ3) is 6.56. The van der Waals surface area contributed by atoms with E-state index in [1.165, 1.54) is 6.26 Å². The van der Waals surface area contributed by atoms with Gasteiger partial charge < -0.3 is 14.8 Å². The Hall–Kier alpha value is -2.54. The molecule has 0 spiro atoms. The highest BCUT2D eigenvalue weighted by atomic mass is 32.2.